The van der Waals surface area contributed by atoms with E-state index in [0.717, 1.165) is 25.7 Å². The van der Waals surface area contributed by atoms with Crippen LogP contribution in [-0.4, -0.2) is 46.0 Å². The molecule has 0 heterocycles. The van der Waals surface area contributed by atoms with Crippen LogP contribution >= 0.6 is 0 Å². The third-order valence-corrected chi connectivity index (χ3v) is 6.71. The molecule has 2 atom stereocenters. The first-order valence-electron chi connectivity index (χ1n) is 13.0. The summed E-state index contributed by atoms with van der Waals surface area (Å²) in [5, 5.41) is 5.85. The lowest BCUT2D eigenvalue weighted by molar-refractivity contribution is -0.149. The Labute approximate surface area is 216 Å². The monoisotopic (exact) mass is 497 g/mol. The first-order chi connectivity index (χ1) is 16.8. The summed E-state index contributed by atoms with van der Waals surface area (Å²) in [6.45, 7) is 12.7. The first kappa shape index (κ1) is 29.2. The van der Waals surface area contributed by atoms with E-state index in [1.54, 1.807) is 56.9 Å². The van der Waals surface area contributed by atoms with Crippen molar-refractivity contribution in [2.45, 2.75) is 116 Å². The average molecular weight is 498 g/mol. The van der Waals surface area contributed by atoms with E-state index in [1.165, 1.54) is 6.42 Å². The SMILES string of the molecule is C#Cc1ccc(C(C(=O)NC2CCCCC2)N(C(=O)C(C)NC(=O)OC(C)(C)C)C(C)(C)CC)cc1. The molecule has 0 radical (unpaired) electrons. The molecule has 1 aliphatic rings. The minimum atomic E-state index is -0.902. The number of nitrogens with zero attached hydrogens (tertiary/aromatic N) is 1. The molecule has 198 valence electrons. The number of terminal acetylenes is 1. The van der Waals surface area contributed by atoms with Crippen molar-refractivity contribution >= 4 is 17.9 Å². The molecule has 0 saturated heterocycles. The second kappa shape index (κ2) is 12.3. The second-order valence-electron chi connectivity index (χ2n) is 11.3. The molecular weight excluding hydrogens is 454 g/mol. The van der Waals surface area contributed by atoms with Gasteiger partial charge in [0.2, 0.25) is 11.8 Å². The van der Waals surface area contributed by atoms with Gasteiger partial charge in [-0.25, -0.2) is 4.79 Å². The smallest absolute Gasteiger partial charge is 0.408 e. The van der Waals surface area contributed by atoms with Gasteiger partial charge in [-0.2, -0.15) is 0 Å². The van der Waals surface area contributed by atoms with Gasteiger partial charge in [0.15, 0.2) is 0 Å². The third-order valence-electron chi connectivity index (χ3n) is 6.71. The second-order valence-corrected chi connectivity index (χ2v) is 11.3. The Morgan fingerprint density at radius 3 is 2.17 bits per heavy atom. The molecule has 0 spiro atoms. The molecular formula is C29H43N3O4. The summed E-state index contributed by atoms with van der Waals surface area (Å²) in [5.74, 6) is 2.01. The predicted molar refractivity (Wildman–Crippen MR) is 142 cm³/mol. The highest BCUT2D eigenvalue weighted by Gasteiger charge is 2.42. The summed E-state index contributed by atoms with van der Waals surface area (Å²) in [7, 11) is 0. The normalized spacial score (nSPS) is 16.3. The van der Waals surface area contributed by atoms with Gasteiger partial charge in [0.1, 0.15) is 17.7 Å². The van der Waals surface area contributed by atoms with Gasteiger partial charge in [-0.15, -0.1) is 6.42 Å². The molecule has 1 saturated carbocycles. The molecule has 0 bridgehead atoms. The number of hydrogen-bond acceptors (Lipinski definition) is 4. The average Bonchev–Trinajstić information content (AvgIpc) is 2.81. The predicted octanol–water partition coefficient (Wildman–Crippen LogP) is 5.09. The maximum atomic E-state index is 13.9. The maximum Gasteiger partial charge on any atom is 0.408 e. The van der Waals surface area contributed by atoms with Gasteiger partial charge in [-0.1, -0.05) is 44.2 Å². The van der Waals surface area contributed by atoms with E-state index >= 15 is 0 Å². The molecule has 2 N–H and O–H groups in total. The van der Waals surface area contributed by atoms with Crippen molar-refractivity contribution in [1.82, 2.24) is 15.5 Å². The summed E-state index contributed by atoms with van der Waals surface area (Å²) >= 11 is 0. The number of ether oxygens (including phenoxy) is 1. The van der Waals surface area contributed by atoms with Gasteiger partial charge in [0.05, 0.1) is 0 Å². The number of benzene rings is 1. The number of rotatable bonds is 8. The summed E-state index contributed by atoms with van der Waals surface area (Å²) in [4.78, 5) is 41.8. The van der Waals surface area contributed by atoms with Crippen LogP contribution < -0.4 is 10.6 Å². The summed E-state index contributed by atoms with van der Waals surface area (Å²) in [6.07, 6.45) is 10.6. The number of carbonyl (C=O) groups is 3. The van der Waals surface area contributed by atoms with E-state index in [2.05, 4.69) is 16.6 Å². The fourth-order valence-corrected chi connectivity index (χ4v) is 4.41. The van der Waals surface area contributed by atoms with Crippen LogP contribution in [0.2, 0.25) is 0 Å². The molecule has 2 rings (SSSR count). The molecule has 36 heavy (non-hydrogen) atoms. The Morgan fingerprint density at radius 2 is 1.67 bits per heavy atom. The van der Waals surface area contributed by atoms with Gasteiger partial charge in [0, 0.05) is 17.1 Å². The Hall–Kier alpha value is -3.01. The van der Waals surface area contributed by atoms with Crippen LogP contribution in [0.15, 0.2) is 24.3 Å². The highest BCUT2D eigenvalue weighted by Crippen LogP contribution is 2.33. The molecule has 0 aliphatic heterocycles. The van der Waals surface area contributed by atoms with E-state index in [9.17, 15) is 14.4 Å². The van der Waals surface area contributed by atoms with E-state index in [4.69, 9.17) is 11.2 Å². The molecule has 7 heteroatoms. The van der Waals surface area contributed by atoms with Crippen LogP contribution in [0.25, 0.3) is 0 Å². The van der Waals surface area contributed by atoms with Crippen LogP contribution in [0, 0.1) is 12.3 Å². The molecule has 2 unspecified atom stereocenters. The number of alkyl carbamates (subject to hydrolysis) is 1. The Bertz CT molecular complexity index is 950. The number of amides is 3. The molecule has 7 nitrogen and oxygen atoms in total. The zero-order chi connectivity index (χ0) is 27.1. The standard InChI is InChI=1S/C29H43N3O4/c1-9-21-16-18-22(19-17-21)24(25(33)31-23-14-12-11-13-15-23)32(29(7,8)10-2)26(34)20(3)30-27(35)36-28(4,5)6/h1,16-20,23-24H,10-15H2,2-8H3,(H,30,35)(H,31,33). The van der Waals surface area contributed by atoms with Gasteiger partial charge >= 0.3 is 6.09 Å². The summed E-state index contributed by atoms with van der Waals surface area (Å²) in [5.41, 5.74) is -0.0177. The largest absolute Gasteiger partial charge is 0.444 e. The van der Waals surface area contributed by atoms with Crippen molar-refractivity contribution in [3.8, 4) is 12.3 Å². The van der Waals surface area contributed by atoms with Crippen LogP contribution in [0.5, 0.6) is 0 Å². The highest BCUT2D eigenvalue weighted by molar-refractivity contribution is 5.92. The quantitative estimate of drug-likeness (QED) is 0.490. The molecule has 0 aromatic heterocycles. The van der Waals surface area contributed by atoms with Crippen LogP contribution in [0.3, 0.4) is 0 Å². The fraction of sp³-hybridized carbons (Fsp3) is 0.621. The van der Waals surface area contributed by atoms with Crippen molar-refractivity contribution < 1.29 is 19.1 Å². The molecule has 1 aromatic carbocycles. The number of carbonyl (C=O) groups excluding carboxylic acids is 3. The minimum Gasteiger partial charge on any atom is -0.444 e. The molecule has 3 amide bonds. The number of hydrogen-bond donors (Lipinski definition) is 2. The Kier molecular flexibility index (Phi) is 9.98. The van der Waals surface area contributed by atoms with Crippen molar-refractivity contribution in [3.63, 3.8) is 0 Å². The Morgan fingerprint density at radius 1 is 1.08 bits per heavy atom. The molecule has 1 fully saturated rings. The maximum absolute atomic E-state index is 13.9. The van der Waals surface area contributed by atoms with E-state index in [1.807, 2.05) is 20.8 Å². The summed E-state index contributed by atoms with van der Waals surface area (Å²) in [6, 6.07) is 5.46. The third kappa shape index (κ3) is 8.01. The molecule has 1 aromatic rings. The fourth-order valence-electron chi connectivity index (χ4n) is 4.41. The van der Waals surface area contributed by atoms with Crippen molar-refractivity contribution in [1.29, 1.82) is 0 Å². The van der Waals surface area contributed by atoms with Crippen molar-refractivity contribution in [2.24, 2.45) is 0 Å². The zero-order valence-corrected chi connectivity index (χ0v) is 22.9. The highest BCUT2D eigenvalue weighted by atomic mass is 16.6. The molecule has 1 aliphatic carbocycles. The van der Waals surface area contributed by atoms with Gasteiger partial charge < -0.3 is 20.3 Å². The zero-order valence-electron chi connectivity index (χ0n) is 22.9. The van der Waals surface area contributed by atoms with E-state index in [0.29, 0.717) is 17.5 Å². The van der Waals surface area contributed by atoms with Gasteiger partial charge in [0.25, 0.3) is 0 Å². The van der Waals surface area contributed by atoms with Crippen LogP contribution in [-0.2, 0) is 14.3 Å². The van der Waals surface area contributed by atoms with Gasteiger partial charge in [-0.05, 0) is 78.5 Å². The first-order valence-corrected chi connectivity index (χ1v) is 13.0. The lowest BCUT2D eigenvalue weighted by Crippen LogP contribution is -2.59. The topological polar surface area (TPSA) is 87.7 Å². The van der Waals surface area contributed by atoms with E-state index in [-0.39, 0.29) is 17.9 Å². The lowest BCUT2D eigenvalue weighted by atomic mass is 9.91. The van der Waals surface area contributed by atoms with Crippen LogP contribution in [0.4, 0.5) is 4.79 Å². The van der Waals surface area contributed by atoms with Crippen LogP contribution in [0.1, 0.15) is 104 Å². The van der Waals surface area contributed by atoms with Crippen molar-refractivity contribution in [2.75, 3.05) is 0 Å². The van der Waals surface area contributed by atoms with Gasteiger partial charge in [-0.3, -0.25) is 9.59 Å². The summed E-state index contributed by atoms with van der Waals surface area (Å²) < 4.78 is 5.35. The lowest BCUT2D eigenvalue weighted by Gasteiger charge is -2.44. The van der Waals surface area contributed by atoms with E-state index < -0.39 is 29.3 Å². The minimum absolute atomic E-state index is 0.0812. The van der Waals surface area contributed by atoms with Crippen molar-refractivity contribution in [3.05, 3.63) is 35.4 Å². The number of nitrogens with one attached hydrogen (secondary N) is 2. The Balaban J connectivity index is 2.46.